The van der Waals surface area contributed by atoms with E-state index in [0.29, 0.717) is 11.5 Å². The van der Waals surface area contributed by atoms with Gasteiger partial charge in [-0.25, -0.2) is 10.9 Å². The zero-order valence-electron chi connectivity index (χ0n) is 11.7. The van der Waals surface area contributed by atoms with Crippen LogP contribution in [0.15, 0.2) is 18.2 Å². The number of rotatable bonds is 1. The predicted molar refractivity (Wildman–Crippen MR) is 73.1 cm³/mol. The van der Waals surface area contributed by atoms with Crippen molar-refractivity contribution in [2.24, 2.45) is 0 Å². The number of ether oxygens (including phenoxy) is 3. The molecule has 4 rings (SSSR count). The maximum absolute atomic E-state index is 10.4. The fourth-order valence-electron chi connectivity index (χ4n) is 3.43. The average Bonchev–Trinajstić information content (AvgIpc) is 3.01. The first-order valence-corrected chi connectivity index (χ1v) is 7.20. The summed E-state index contributed by atoms with van der Waals surface area (Å²) in [7, 11) is 0. The number of fused-ring (bicyclic) bond motifs is 2. The lowest BCUT2D eigenvalue weighted by Crippen LogP contribution is -2.69. The van der Waals surface area contributed by atoms with Crippen LogP contribution in [0.3, 0.4) is 0 Å². The van der Waals surface area contributed by atoms with Crippen LogP contribution in [0.5, 0.6) is 11.5 Å². The van der Waals surface area contributed by atoms with E-state index < -0.39 is 30.3 Å². The first-order valence-electron chi connectivity index (χ1n) is 7.20. The van der Waals surface area contributed by atoms with E-state index in [1.54, 1.807) is 12.1 Å². The molecule has 0 unspecified atom stereocenters. The van der Waals surface area contributed by atoms with Crippen LogP contribution < -0.4 is 20.3 Å². The van der Waals surface area contributed by atoms with Crippen LogP contribution in [0.25, 0.3) is 0 Å². The Morgan fingerprint density at radius 3 is 2.68 bits per heavy atom. The number of aliphatic hydroxyl groups excluding tert-OH is 3. The summed E-state index contributed by atoms with van der Waals surface area (Å²) in [5.41, 5.74) is 6.68. The second kappa shape index (κ2) is 5.34. The van der Waals surface area contributed by atoms with Crippen molar-refractivity contribution in [2.75, 3.05) is 13.5 Å². The van der Waals surface area contributed by atoms with Gasteiger partial charge in [0.15, 0.2) is 11.5 Å². The molecule has 5 N–H and O–H groups in total. The van der Waals surface area contributed by atoms with Gasteiger partial charge >= 0.3 is 0 Å². The van der Waals surface area contributed by atoms with Gasteiger partial charge in [0.25, 0.3) is 0 Å². The fraction of sp³-hybridized carbons (Fsp3) is 0.571. The molecule has 8 nitrogen and oxygen atoms in total. The van der Waals surface area contributed by atoms with Crippen LogP contribution in [0.1, 0.15) is 11.5 Å². The van der Waals surface area contributed by atoms with Gasteiger partial charge in [-0.15, -0.1) is 0 Å². The molecular weight excluding hydrogens is 292 g/mol. The summed E-state index contributed by atoms with van der Waals surface area (Å²) < 4.78 is 16.2. The van der Waals surface area contributed by atoms with Crippen molar-refractivity contribution in [3.8, 4) is 11.5 Å². The Kier molecular flexibility index (Phi) is 3.44. The third kappa shape index (κ3) is 2.08. The molecule has 3 aliphatic rings. The van der Waals surface area contributed by atoms with E-state index in [0.717, 1.165) is 5.56 Å². The fourth-order valence-corrected chi connectivity index (χ4v) is 3.43. The standard InChI is InChI=1S/C14H18N2O6/c17-11-9(6-1-2-7-8(3-6)22-5-21-7)10-14(13(19)12(11)18)20-4-15-16-10/h1-3,9-19H,4-5H2/t9-,10-,11-,12+,13-,14+/m1/s1. The van der Waals surface area contributed by atoms with E-state index in [4.69, 9.17) is 14.2 Å². The molecule has 8 heteroatoms. The maximum Gasteiger partial charge on any atom is 0.231 e. The summed E-state index contributed by atoms with van der Waals surface area (Å²) >= 11 is 0. The first kappa shape index (κ1) is 14.2. The van der Waals surface area contributed by atoms with Gasteiger partial charge in [-0.3, -0.25) is 0 Å². The molecule has 0 amide bonds. The smallest absolute Gasteiger partial charge is 0.231 e. The van der Waals surface area contributed by atoms with Crippen molar-refractivity contribution in [2.45, 2.75) is 36.4 Å². The van der Waals surface area contributed by atoms with Gasteiger partial charge in [0, 0.05) is 5.92 Å². The van der Waals surface area contributed by atoms with Crippen molar-refractivity contribution in [1.29, 1.82) is 0 Å². The summed E-state index contributed by atoms with van der Waals surface area (Å²) in [5, 5.41) is 30.7. The molecule has 2 fully saturated rings. The second-order valence-corrected chi connectivity index (χ2v) is 5.73. The maximum atomic E-state index is 10.4. The van der Waals surface area contributed by atoms with E-state index in [1.807, 2.05) is 6.07 Å². The molecule has 1 saturated carbocycles. The quantitative estimate of drug-likeness (QED) is 0.422. The van der Waals surface area contributed by atoms with E-state index >= 15 is 0 Å². The Morgan fingerprint density at radius 2 is 1.82 bits per heavy atom. The molecule has 2 heterocycles. The minimum Gasteiger partial charge on any atom is -0.454 e. The SMILES string of the molecule is O[C@@H]1[C@@H](O)[C@H]2OCNN[C@@H]2[C@@H](c2ccc3c(c2)OCO3)[C@H]1O. The van der Waals surface area contributed by atoms with Gasteiger partial charge in [0.1, 0.15) is 25.0 Å². The molecule has 0 bridgehead atoms. The van der Waals surface area contributed by atoms with Gasteiger partial charge < -0.3 is 29.5 Å². The number of benzene rings is 1. The van der Waals surface area contributed by atoms with Gasteiger partial charge in [0.2, 0.25) is 6.79 Å². The summed E-state index contributed by atoms with van der Waals surface area (Å²) in [6.07, 6.45) is -4.18. The molecule has 0 radical (unpaired) electrons. The zero-order valence-corrected chi connectivity index (χ0v) is 11.7. The van der Waals surface area contributed by atoms with Crippen molar-refractivity contribution in [3.63, 3.8) is 0 Å². The lowest BCUT2D eigenvalue weighted by atomic mass is 9.73. The van der Waals surface area contributed by atoms with Gasteiger partial charge in [-0.1, -0.05) is 6.07 Å². The normalized spacial score (nSPS) is 40.3. The summed E-state index contributed by atoms with van der Waals surface area (Å²) in [4.78, 5) is 0. The Balaban J connectivity index is 1.71. The summed E-state index contributed by atoms with van der Waals surface area (Å²) in [6, 6.07) is 4.99. The lowest BCUT2D eigenvalue weighted by Gasteiger charge is -2.48. The molecule has 120 valence electrons. The minimum absolute atomic E-state index is 0.169. The molecule has 1 saturated heterocycles. The zero-order chi connectivity index (χ0) is 15.3. The second-order valence-electron chi connectivity index (χ2n) is 5.73. The highest BCUT2D eigenvalue weighted by atomic mass is 16.7. The van der Waals surface area contributed by atoms with E-state index in [-0.39, 0.29) is 19.6 Å². The van der Waals surface area contributed by atoms with Gasteiger partial charge in [-0.05, 0) is 17.7 Å². The van der Waals surface area contributed by atoms with Crippen LogP contribution in [-0.4, -0.2) is 59.3 Å². The number of aliphatic hydroxyl groups is 3. The molecule has 22 heavy (non-hydrogen) atoms. The van der Waals surface area contributed by atoms with E-state index in [1.165, 1.54) is 0 Å². The molecule has 0 spiro atoms. The van der Waals surface area contributed by atoms with Crippen LogP contribution in [0.4, 0.5) is 0 Å². The Labute approximate surface area is 126 Å². The predicted octanol–water partition coefficient (Wildman–Crippen LogP) is -1.59. The number of hydrogen-bond donors (Lipinski definition) is 5. The number of hydrazine groups is 1. The lowest BCUT2D eigenvalue weighted by molar-refractivity contribution is -0.193. The Morgan fingerprint density at radius 1 is 1.00 bits per heavy atom. The topological polar surface area (TPSA) is 112 Å². The average molecular weight is 310 g/mol. The van der Waals surface area contributed by atoms with Crippen molar-refractivity contribution in [3.05, 3.63) is 23.8 Å². The van der Waals surface area contributed by atoms with E-state index in [9.17, 15) is 15.3 Å². The van der Waals surface area contributed by atoms with E-state index in [2.05, 4.69) is 10.9 Å². The Bertz CT molecular complexity index is 570. The molecule has 6 atom stereocenters. The van der Waals surface area contributed by atoms with Crippen LogP contribution in [0, 0.1) is 0 Å². The molecule has 1 aromatic carbocycles. The molecule has 0 aromatic heterocycles. The highest BCUT2D eigenvalue weighted by Crippen LogP contribution is 2.40. The molecule has 1 aliphatic carbocycles. The minimum atomic E-state index is -1.28. The molecule has 1 aromatic rings. The van der Waals surface area contributed by atoms with Crippen LogP contribution in [-0.2, 0) is 4.74 Å². The van der Waals surface area contributed by atoms with Gasteiger partial charge in [0.05, 0.1) is 12.1 Å². The summed E-state index contributed by atoms with van der Waals surface area (Å²) in [6.45, 7) is 0.386. The van der Waals surface area contributed by atoms with Crippen molar-refractivity contribution < 1.29 is 29.5 Å². The number of nitrogens with one attached hydrogen (secondary N) is 2. The number of hydrogen-bond acceptors (Lipinski definition) is 8. The van der Waals surface area contributed by atoms with Gasteiger partial charge in [-0.2, -0.15) is 0 Å². The highest BCUT2D eigenvalue weighted by Gasteiger charge is 2.51. The van der Waals surface area contributed by atoms with Crippen LogP contribution >= 0.6 is 0 Å². The largest absolute Gasteiger partial charge is 0.454 e. The molecular formula is C14H18N2O6. The third-order valence-corrected chi connectivity index (χ3v) is 4.54. The molecule has 2 aliphatic heterocycles. The summed E-state index contributed by atoms with van der Waals surface area (Å²) in [5.74, 6) is 0.786. The monoisotopic (exact) mass is 310 g/mol. The van der Waals surface area contributed by atoms with Crippen LogP contribution in [0.2, 0.25) is 0 Å². The van der Waals surface area contributed by atoms with Crippen molar-refractivity contribution >= 4 is 0 Å². The Hall–Kier alpha value is -1.42. The third-order valence-electron chi connectivity index (χ3n) is 4.54. The van der Waals surface area contributed by atoms with Crippen molar-refractivity contribution in [1.82, 2.24) is 10.9 Å². The first-order chi connectivity index (χ1) is 10.7. The highest BCUT2D eigenvalue weighted by molar-refractivity contribution is 5.46.